The second-order valence-corrected chi connectivity index (χ2v) is 8.41. The van der Waals surface area contributed by atoms with Crippen molar-refractivity contribution in [1.29, 1.82) is 0 Å². The summed E-state index contributed by atoms with van der Waals surface area (Å²) in [6.07, 6.45) is 4.15. The molecule has 1 aliphatic rings. The van der Waals surface area contributed by atoms with Gasteiger partial charge in [0.2, 0.25) is 10.0 Å². The Morgan fingerprint density at radius 3 is 2.32 bits per heavy atom. The van der Waals surface area contributed by atoms with E-state index in [2.05, 4.69) is 17.1 Å². The molecule has 0 aromatic heterocycles. The van der Waals surface area contributed by atoms with E-state index in [1.54, 1.807) is 12.1 Å². The topological polar surface area (TPSA) is 66.9 Å². The Balaban J connectivity index is 1.63. The van der Waals surface area contributed by atoms with Gasteiger partial charge in [-0.15, -0.1) is 0 Å². The number of piperazine rings is 1. The lowest BCUT2D eigenvalue weighted by Gasteiger charge is -2.33. The molecule has 0 amide bonds. The molecule has 1 saturated heterocycles. The quantitative estimate of drug-likeness (QED) is 0.697. The Morgan fingerprint density at radius 1 is 1.00 bits per heavy atom. The average Bonchev–Trinajstić information content (AvgIpc) is 2.74. The van der Waals surface area contributed by atoms with E-state index in [4.69, 9.17) is 4.74 Å². The number of carbonyl (C=O) groups is 1. The largest absolute Gasteiger partial charge is 0.465 e. The van der Waals surface area contributed by atoms with Gasteiger partial charge in [0.15, 0.2) is 0 Å². The monoisotopic (exact) mass is 400 g/mol. The molecule has 0 radical (unpaired) electrons. The molecule has 0 atom stereocenters. The summed E-state index contributed by atoms with van der Waals surface area (Å²) in [5, 5.41) is 0. The number of rotatable bonds is 6. The van der Waals surface area contributed by atoms with Crippen molar-refractivity contribution in [1.82, 2.24) is 9.21 Å². The van der Waals surface area contributed by atoms with Crippen LogP contribution in [-0.2, 0) is 14.8 Å². The molecule has 2 aromatic carbocycles. The van der Waals surface area contributed by atoms with Gasteiger partial charge < -0.3 is 4.74 Å². The van der Waals surface area contributed by atoms with Crippen LogP contribution in [0.2, 0.25) is 0 Å². The van der Waals surface area contributed by atoms with Gasteiger partial charge in [0, 0.05) is 32.7 Å². The SMILES string of the molecule is COC(=O)c1ccccc1S(=O)(=O)N1CCN(CC=Cc2ccccc2)CC1. The van der Waals surface area contributed by atoms with Crippen LogP contribution in [0.3, 0.4) is 0 Å². The van der Waals surface area contributed by atoms with Crippen molar-refractivity contribution in [3.63, 3.8) is 0 Å². The zero-order valence-electron chi connectivity index (χ0n) is 15.8. The van der Waals surface area contributed by atoms with E-state index < -0.39 is 16.0 Å². The molecule has 7 heteroatoms. The first-order valence-corrected chi connectivity index (χ1v) is 10.6. The molecular formula is C21H24N2O4S. The summed E-state index contributed by atoms with van der Waals surface area (Å²) >= 11 is 0. The Kier molecular flexibility index (Phi) is 6.61. The molecule has 1 heterocycles. The van der Waals surface area contributed by atoms with Crippen molar-refractivity contribution in [2.75, 3.05) is 39.8 Å². The van der Waals surface area contributed by atoms with E-state index in [0.717, 1.165) is 12.1 Å². The zero-order chi connectivity index (χ0) is 20.0. The van der Waals surface area contributed by atoms with Crippen LogP contribution in [0.25, 0.3) is 6.08 Å². The van der Waals surface area contributed by atoms with E-state index in [1.807, 2.05) is 30.3 Å². The molecule has 28 heavy (non-hydrogen) atoms. The van der Waals surface area contributed by atoms with Crippen molar-refractivity contribution in [2.24, 2.45) is 0 Å². The van der Waals surface area contributed by atoms with Crippen LogP contribution < -0.4 is 0 Å². The highest BCUT2D eigenvalue weighted by Gasteiger charge is 2.31. The molecule has 1 fully saturated rings. The number of carbonyl (C=O) groups excluding carboxylic acids is 1. The lowest BCUT2D eigenvalue weighted by Crippen LogP contribution is -2.48. The molecule has 0 unspecified atom stereocenters. The third-order valence-electron chi connectivity index (χ3n) is 4.71. The van der Waals surface area contributed by atoms with Crippen LogP contribution in [0.4, 0.5) is 0 Å². The van der Waals surface area contributed by atoms with Crippen molar-refractivity contribution in [3.05, 3.63) is 71.8 Å². The number of hydrogen-bond donors (Lipinski definition) is 0. The fourth-order valence-electron chi connectivity index (χ4n) is 3.16. The molecule has 148 valence electrons. The van der Waals surface area contributed by atoms with Crippen molar-refractivity contribution >= 4 is 22.1 Å². The van der Waals surface area contributed by atoms with Gasteiger partial charge in [-0.25, -0.2) is 13.2 Å². The first kappa shape index (κ1) is 20.3. The van der Waals surface area contributed by atoms with Crippen molar-refractivity contribution in [2.45, 2.75) is 4.90 Å². The number of ether oxygens (including phenoxy) is 1. The lowest BCUT2D eigenvalue weighted by atomic mass is 10.2. The Bertz CT molecular complexity index is 934. The third kappa shape index (κ3) is 4.67. The fraction of sp³-hybridized carbons (Fsp3) is 0.286. The van der Waals surface area contributed by atoms with Gasteiger partial charge in [0.1, 0.15) is 0 Å². The van der Waals surface area contributed by atoms with Crippen LogP contribution >= 0.6 is 0 Å². The number of nitrogens with zero attached hydrogens (tertiary/aromatic N) is 2. The maximum Gasteiger partial charge on any atom is 0.339 e. The van der Waals surface area contributed by atoms with E-state index in [-0.39, 0.29) is 10.5 Å². The molecular weight excluding hydrogens is 376 g/mol. The van der Waals surface area contributed by atoms with Crippen LogP contribution in [0.15, 0.2) is 65.6 Å². The Morgan fingerprint density at radius 2 is 1.64 bits per heavy atom. The molecule has 1 aliphatic heterocycles. The summed E-state index contributed by atoms with van der Waals surface area (Å²) in [5.41, 5.74) is 1.21. The minimum Gasteiger partial charge on any atom is -0.465 e. The predicted octanol–water partition coefficient (Wildman–Crippen LogP) is 2.49. The minimum atomic E-state index is -3.75. The summed E-state index contributed by atoms with van der Waals surface area (Å²) in [6, 6.07) is 16.2. The lowest BCUT2D eigenvalue weighted by molar-refractivity contribution is 0.0596. The fourth-order valence-corrected chi connectivity index (χ4v) is 4.77. The first-order valence-electron chi connectivity index (χ1n) is 9.14. The summed E-state index contributed by atoms with van der Waals surface area (Å²) in [7, 11) is -2.50. The van der Waals surface area contributed by atoms with Crippen LogP contribution in [0.5, 0.6) is 0 Å². The van der Waals surface area contributed by atoms with Gasteiger partial charge in [-0.1, -0.05) is 54.6 Å². The van der Waals surface area contributed by atoms with Crippen LogP contribution in [-0.4, -0.2) is 63.4 Å². The summed E-state index contributed by atoms with van der Waals surface area (Å²) in [6.45, 7) is 2.81. The van der Waals surface area contributed by atoms with Crippen LogP contribution in [0.1, 0.15) is 15.9 Å². The minimum absolute atomic E-state index is 0.000673. The predicted molar refractivity (Wildman–Crippen MR) is 108 cm³/mol. The number of benzene rings is 2. The highest BCUT2D eigenvalue weighted by atomic mass is 32.2. The van der Waals surface area contributed by atoms with Gasteiger partial charge in [0.05, 0.1) is 17.6 Å². The highest BCUT2D eigenvalue weighted by Crippen LogP contribution is 2.22. The molecule has 0 saturated carbocycles. The summed E-state index contributed by atoms with van der Waals surface area (Å²) < 4.78 is 32.2. The van der Waals surface area contributed by atoms with Gasteiger partial charge in [-0.2, -0.15) is 4.31 Å². The molecule has 0 spiro atoms. The average molecular weight is 401 g/mol. The molecule has 0 N–H and O–H groups in total. The Labute approximate surface area is 166 Å². The summed E-state index contributed by atoms with van der Waals surface area (Å²) in [4.78, 5) is 14.1. The second-order valence-electron chi connectivity index (χ2n) is 6.51. The van der Waals surface area contributed by atoms with Gasteiger partial charge >= 0.3 is 5.97 Å². The maximum atomic E-state index is 13.0. The van der Waals surface area contributed by atoms with E-state index in [0.29, 0.717) is 26.2 Å². The van der Waals surface area contributed by atoms with Gasteiger partial charge in [0.25, 0.3) is 0 Å². The van der Waals surface area contributed by atoms with E-state index in [9.17, 15) is 13.2 Å². The standard InChI is InChI=1S/C21H24N2O4S/c1-27-21(24)19-11-5-6-12-20(19)28(25,26)23-16-14-22(15-17-23)13-7-10-18-8-3-2-4-9-18/h2-12H,13-17H2,1H3. The Hall–Kier alpha value is -2.48. The normalized spacial score (nSPS) is 16.3. The number of methoxy groups -OCH3 is 1. The smallest absolute Gasteiger partial charge is 0.339 e. The molecule has 2 aromatic rings. The maximum absolute atomic E-state index is 13.0. The summed E-state index contributed by atoms with van der Waals surface area (Å²) in [5.74, 6) is -0.649. The second kappa shape index (κ2) is 9.14. The first-order chi connectivity index (χ1) is 13.5. The molecule has 6 nitrogen and oxygen atoms in total. The third-order valence-corrected chi connectivity index (χ3v) is 6.67. The van der Waals surface area contributed by atoms with Gasteiger partial charge in [-0.3, -0.25) is 4.90 Å². The molecule has 0 aliphatic carbocycles. The van der Waals surface area contributed by atoms with Gasteiger partial charge in [-0.05, 0) is 17.7 Å². The number of hydrogen-bond acceptors (Lipinski definition) is 5. The molecule has 0 bridgehead atoms. The highest BCUT2D eigenvalue weighted by molar-refractivity contribution is 7.89. The van der Waals surface area contributed by atoms with Crippen molar-refractivity contribution in [3.8, 4) is 0 Å². The number of esters is 1. The van der Waals surface area contributed by atoms with Crippen LogP contribution in [0, 0.1) is 0 Å². The van der Waals surface area contributed by atoms with Crippen molar-refractivity contribution < 1.29 is 17.9 Å². The van der Waals surface area contributed by atoms with E-state index >= 15 is 0 Å². The van der Waals surface area contributed by atoms with E-state index in [1.165, 1.54) is 23.5 Å². The zero-order valence-corrected chi connectivity index (χ0v) is 16.6. The number of sulfonamides is 1. The molecule has 3 rings (SSSR count).